The molecule has 0 amide bonds. The molecule has 13 heavy (non-hydrogen) atoms. The molecule has 0 radical (unpaired) electrons. The Bertz CT molecular complexity index is 206. The fourth-order valence-electron chi connectivity index (χ4n) is 4.24. The summed E-state index contributed by atoms with van der Waals surface area (Å²) in [7, 11) is 2.30. The van der Waals surface area contributed by atoms with E-state index in [0.717, 1.165) is 0 Å². The van der Waals surface area contributed by atoms with Gasteiger partial charge in [0.15, 0.2) is 0 Å². The highest BCUT2D eigenvalue weighted by atomic mass is 15.2. The first-order valence-electron chi connectivity index (χ1n) is 5.66. The zero-order valence-electron chi connectivity index (χ0n) is 8.60. The Morgan fingerprint density at radius 1 is 1.00 bits per heavy atom. The summed E-state index contributed by atoms with van der Waals surface area (Å²) in [6.45, 7) is 5.27. The molecule has 0 bridgehead atoms. The van der Waals surface area contributed by atoms with Crippen molar-refractivity contribution in [3.63, 3.8) is 0 Å². The third-order valence-electron chi connectivity index (χ3n) is 4.76. The Morgan fingerprint density at radius 3 is 2.08 bits per heavy atom. The summed E-state index contributed by atoms with van der Waals surface area (Å²) in [5, 5.41) is 3.64. The van der Waals surface area contributed by atoms with Gasteiger partial charge >= 0.3 is 0 Å². The van der Waals surface area contributed by atoms with E-state index < -0.39 is 0 Å². The van der Waals surface area contributed by atoms with Gasteiger partial charge in [-0.3, -0.25) is 0 Å². The molecule has 2 saturated heterocycles. The molecule has 0 aromatic heterocycles. The predicted molar refractivity (Wildman–Crippen MR) is 53.7 cm³/mol. The van der Waals surface area contributed by atoms with Gasteiger partial charge in [-0.1, -0.05) is 12.8 Å². The van der Waals surface area contributed by atoms with Gasteiger partial charge in [0.2, 0.25) is 0 Å². The highest BCUT2D eigenvalue weighted by Crippen LogP contribution is 2.57. The lowest BCUT2D eigenvalue weighted by Crippen LogP contribution is -2.42. The van der Waals surface area contributed by atoms with E-state index in [2.05, 4.69) is 17.3 Å². The van der Waals surface area contributed by atoms with E-state index in [1.165, 1.54) is 51.9 Å². The minimum atomic E-state index is 0.667. The Hall–Kier alpha value is -0.0800. The molecular weight excluding hydrogens is 160 g/mol. The fourth-order valence-corrected chi connectivity index (χ4v) is 4.24. The summed E-state index contributed by atoms with van der Waals surface area (Å²) >= 11 is 0. The molecule has 0 aromatic carbocycles. The van der Waals surface area contributed by atoms with Gasteiger partial charge in [-0.05, 0) is 19.9 Å². The van der Waals surface area contributed by atoms with Crippen molar-refractivity contribution in [2.75, 3.05) is 33.2 Å². The van der Waals surface area contributed by atoms with Gasteiger partial charge in [0.25, 0.3) is 0 Å². The minimum absolute atomic E-state index is 0.667. The van der Waals surface area contributed by atoms with Crippen LogP contribution in [0.1, 0.15) is 25.7 Å². The second-order valence-electron chi connectivity index (χ2n) is 5.54. The lowest BCUT2D eigenvalue weighted by atomic mass is 9.60. The van der Waals surface area contributed by atoms with Gasteiger partial charge in [0.1, 0.15) is 0 Å². The Balaban J connectivity index is 1.99. The van der Waals surface area contributed by atoms with E-state index in [0.29, 0.717) is 10.8 Å². The average Bonchev–Trinajstić information content (AvgIpc) is 2.54. The molecule has 1 aliphatic carbocycles. The van der Waals surface area contributed by atoms with Crippen molar-refractivity contribution in [1.82, 2.24) is 10.2 Å². The van der Waals surface area contributed by atoms with E-state index in [-0.39, 0.29) is 0 Å². The zero-order valence-corrected chi connectivity index (χ0v) is 8.60. The molecule has 0 spiro atoms. The second-order valence-corrected chi connectivity index (χ2v) is 5.54. The first-order valence-corrected chi connectivity index (χ1v) is 5.66. The van der Waals surface area contributed by atoms with E-state index in [1.54, 1.807) is 0 Å². The van der Waals surface area contributed by atoms with Crippen LogP contribution < -0.4 is 5.32 Å². The Morgan fingerprint density at radius 2 is 1.54 bits per heavy atom. The zero-order chi connectivity index (χ0) is 8.94. The highest BCUT2D eigenvalue weighted by Gasteiger charge is 2.59. The topological polar surface area (TPSA) is 15.3 Å². The molecule has 2 aliphatic heterocycles. The molecule has 2 heteroatoms. The van der Waals surface area contributed by atoms with Crippen LogP contribution in [0.25, 0.3) is 0 Å². The third-order valence-corrected chi connectivity index (χ3v) is 4.76. The van der Waals surface area contributed by atoms with Crippen molar-refractivity contribution in [3.05, 3.63) is 0 Å². The molecule has 74 valence electrons. The van der Waals surface area contributed by atoms with E-state index in [1.807, 2.05) is 0 Å². The monoisotopic (exact) mass is 180 g/mol. The molecule has 3 fully saturated rings. The van der Waals surface area contributed by atoms with E-state index in [4.69, 9.17) is 0 Å². The lowest BCUT2D eigenvalue weighted by Gasteiger charge is -2.42. The number of likely N-dealkylation sites (tertiary alicyclic amines) is 1. The maximum Gasteiger partial charge on any atom is 0.00537 e. The molecule has 2 heterocycles. The van der Waals surface area contributed by atoms with Gasteiger partial charge < -0.3 is 10.2 Å². The number of hydrogen-bond acceptors (Lipinski definition) is 2. The molecule has 3 aliphatic rings. The molecule has 2 atom stereocenters. The quantitative estimate of drug-likeness (QED) is 0.600. The van der Waals surface area contributed by atoms with Crippen molar-refractivity contribution in [2.45, 2.75) is 25.7 Å². The van der Waals surface area contributed by atoms with Crippen molar-refractivity contribution >= 4 is 0 Å². The Kier molecular flexibility index (Phi) is 1.58. The van der Waals surface area contributed by atoms with Crippen LogP contribution in [-0.2, 0) is 0 Å². The van der Waals surface area contributed by atoms with Crippen molar-refractivity contribution in [3.8, 4) is 0 Å². The maximum absolute atomic E-state index is 3.64. The largest absolute Gasteiger partial charge is 0.315 e. The second kappa shape index (κ2) is 2.48. The number of nitrogens with zero attached hydrogens (tertiary/aromatic N) is 1. The molecule has 1 saturated carbocycles. The predicted octanol–water partition coefficient (Wildman–Crippen LogP) is 1.08. The van der Waals surface area contributed by atoms with Crippen molar-refractivity contribution in [2.24, 2.45) is 10.8 Å². The molecule has 3 rings (SSSR count). The minimum Gasteiger partial charge on any atom is -0.315 e. The number of hydrogen-bond donors (Lipinski definition) is 1. The SMILES string of the molecule is CN1CC23CCCCC2(CNC3)C1. The van der Waals surface area contributed by atoms with Crippen LogP contribution in [0.4, 0.5) is 0 Å². The van der Waals surface area contributed by atoms with E-state index >= 15 is 0 Å². The summed E-state index contributed by atoms with van der Waals surface area (Å²) in [4.78, 5) is 2.56. The standard InChI is InChI=1S/C11H20N2/c1-13-8-10-4-2-3-5-11(10,9-13)7-12-6-10/h12H,2-9H2,1H3. The smallest absolute Gasteiger partial charge is 0.00537 e. The molecule has 0 aromatic rings. The van der Waals surface area contributed by atoms with Gasteiger partial charge in [0, 0.05) is 37.0 Å². The number of rotatable bonds is 0. The van der Waals surface area contributed by atoms with Gasteiger partial charge in [-0.15, -0.1) is 0 Å². The van der Waals surface area contributed by atoms with Crippen LogP contribution in [0.2, 0.25) is 0 Å². The van der Waals surface area contributed by atoms with Gasteiger partial charge in [-0.2, -0.15) is 0 Å². The summed E-state index contributed by atoms with van der Waals surface area (Å²) in [5.74, 6) is 0. The summed E-state index contributed by atoms with van der Waals surface area (Å²) in [5.41, 5.74) is 1.33. The first kappa shape index (κ1) is 8.25. The summed E-state index contributed by atoms with van der Waals surface area (Å²) in [6, 6.07) is 0. The van der Waals surface area contributed by atoms with Crippen LogP contribution in [0.3, 0.4) is 0 Å². The highest BCUT2D eigenvalue weighted by molar-refractivity contribution is 5.13. The molecule has 1 N–H and O–H groups in total. The van der Waals surface area contributed by atoms with Crippen molar-refractivity contribution in [1.29, 1.82) is 0 Å². The molecule has 2 nitrogen and oxygen atoms in total. The van der Waals surface area contributed by atoms with E-state index in [9.17, 15) is 0 Å². The summed E-state index contributed by atoms with van der Waals surface area (Å²) < 4.78 is 0. The fraction of sp³-hybridized carbons (Fsp3) is 1.00. The van der Waals surface area contributed by atoms with Gasteiger partial charge in [0.05, 0.1) is 0 Å². The Labute approximate surface area is 80.7 Å². The van der Waals surface area contributed by atoms with Crippen molar-refractivity contribution < 1.29 is 0 Å². The molecular formula is C11H20N2. The first-order chi connectivity index (χ1) is 6.27. The summed E-state index contributed by atoms with van der Waals surface area (Å²) in [6.07, 6.45) is 5.89. The molecule has 2 unspecified atom stereocenters. The lowest BCUT2D eigenvalue weighted by molar-refractivity contribution is 0.0945. The third kappa shape index (κ3) is 0.909. The van der Waals surface area contributed by atoms with Crippen LogP contribution in [0, 0.1) is 10.8 Å². The van der Waals surface area contributed by atoms with Crippen LogP contribution >= 0.6 is 0 Å². The number of nitrogens with one attached hydrogen (secondary N) is 1. The normalized spacial score (nSPS) is 50.5. The maximum atomic E-state index is 3.64. The van der Waals surface area contributed by atoms with Crippen LogP contribution in [0.15, 0.2) is 0 Å². The van der Waals surface area contributed by atoms with Crippen LogP contribution in [0.5, 0.6) is 0 Å². The average molecular weight is 180 g/mol. The van der Waals surface area contributed by atoms with Gasteiger partial charge in [-0.25, -0.2) is 0 Å². The van der Waals surface area contributed by atoms with Crippen LogP contribution in [-0.4, -0.2) is 38.1 Å².